The van der Waals surface area contributed by atoms with E-state index in [0.29, 0.717) is 18.2 Å². The molecular formula is C14H27NO3S. The van der Waals surface area contributed by atoms with Gasteiger partial charge < -0.3 is 10.1 Å². The van der Waals surface area contributed by atoms with E-state index in [1.807, 2.05) is 6.92 Å². The molecular weight excluding hydrogens is 262 g/mol. The van der Waals surface area contributed by atoms with Crippen molar-refractivity contribution >= 4 is 9.84 Å². The second kappa shape index (κ2) is 7.04. The van der Waals surface area contributed by atoms with Gasteiger partial charge in [-0.25, -0.2) is 8.42 Å². The molecule has 1 N–H and O–H groups in total. The second-order valence-corrected chi connectivity index (χ2v) is 8.55. The van der Waals surface area contributed by atoms with Crippen LogP contribution < -0.4 is 5.32 Å². The summed E-state index contributed by atoms with van der Waals surface area (Å²) in [5.74, 6) is 0.793. The predicted molar refractivity (Wildman–Crippen MR) is 77.1 cm³/mol. The molecule has 2 rings (SSSR count). The summed E-state index contributed by atoms with van der Waals surface area (Å²) in [5.41, 5.74) is 0. The van der Waals surface area contributed by atoms with E-state index in [4.69, 9.17) is 4.74 Å². The van der Waals surface area contributed by atoms with Crippen LogP contribution in [0, 0.1) is 5.92 Å². The number of hydrogen-bond donors (Lipinski definition) is 1. The summed E-state index contributed by atoms with van der Waals surface area (Å²) in [6, 6.07) is 0. The summed E-state index contributed by atoms with van der Waals surface area (Å²) < 4.78 is 30.0. The first-order chi connectivity index (χ1) is 9.08. The minimum atomic E-state index is -2.94. The Labute approximate surface area is 117 Å². The van der Waals surface area contributed by atoms with Crippen LogP contribution in [0.5, 0.6) is 0 Å². The Morgan fingerprint density at radius 1 is 1.21 bits per heavy atom. The zero-order valence-electron chi connectivity index (χ0n) is 11.9. The quantitative estimate of drug-likeness (QED) is 0.776. The lowest BCUT2D eigenvalue weighted by Gasteiger charge is -2.18. The summed E-state index contributed by atoms with van der Waals surface area (Å²) in [6.45, 7) is 4.01. The first-order valence-electron chi connectivity index (χ1n) is 7.62. The maximum absolute atomic E-state index is 12.2. The Morgan fingerprint density at radius 2 is 1.95 bits per heavy atom. The van der Waals surface area contributed by atoms with Crippen molar-refractivity contribution in [3.05, 3.63) is 0 Å². The monoisotopic (exact) mass is 289 g/mol. The molecule has 1 saturated heterocycles. The largest absolute Gasteiger partial charge is 0.377 e. The van der Waals surface area contributed by atoms with Gasteiger partial charge in [-0.3, -0.25) is 0 Å². The van der Waals surface area contributed by atoms with Gasteiger partial charge in [0.2, 0.25) is 0 Å². The third-order valence-electron chi connectivity index (χ3n) is 4.38. The van der Waals surface area contributed by atoms with E-state index in [2.05, 4.69) is 5.32 Å². The minimum absolute atomic E-state index is 0.282. The normalized spacial score (nSPS) is 26.9. The van der Waals surface area contributed by atoms with Crippen LogP contribution in [-0.4, -0.2) is 45.2 Å². The van der Waals surface area contributed by atoms with Crippen LogP contribution in [0.15, 0.2) is 0 Å². The van der Waals surface area contributed by atoms with E-state index >= 15 is 0 Å². The number of sulfone groups is 1. The molecule has 2 fully saturated rings. The Kier molecular flexibility index (Phi) is 5.66. The third-order valence-corrected chi connectivity index (χ3v) is 6.71. The van der Waals surface area contributed by atoms with E-state index in [-0.39, 0.29) is 11.4 Å². The van der Waals surface area contributed by atoms with Gasteiger partial charge in [0.25, 0.3) is 0 Å². The molecule has 5 heteroatoms. The average Bonchev–Trinajstić information content (AvgIpc) is 3.01. The van der Waals surface area contributed by atoms with Gasteiger partial charge in [0.05, 0.1) is 17.1 Å². The second-order valence-electron chi connectivity index (χ2n) is 6.08. The van der Waals surface area contributed by atoms with Crippen LogP contribution in [0.4, 0.5) is 0 Å². The highest BCUT2D eigenvalue weighted by Gasteiger charge is 2.27. The molecule has 0 aromatic rings. The minimum Gasteiger partial charge on any atom is -0.377 e. The number of ether oxygens (including phenoxy) is 1. The highest BCUT2D eigenvalue weighted by Crippen LogP contribution is 2.26. The SMILES string of the molecule is CC(CNCC1CCCO1)S(=O)(=O)CC1CCCC1. The maximum atomic E-state index is 12.2. The van der Waals surface area contributed by atoms with Crippen LogP contribution in [0.1, 0.15) is 45.4 Å². The molecule has 19 heavy (non-hydrogen) atoms. The fraction of sp³-hybridized carbons (Fsp3) is 1.00. The van der Waals surface area contributed by atoms with Gasteiger partial charge in [-0.15, -0.1) is 0 Å². The first-order valence-corrected chi connectivity index (χ1v) is 9.33. The third kappa shape index (κ3) is 4.72. The fourth-order valence-corrected chi connectivity index (χ4v) is 4.74. The summed E-state index contributed by atoms with van der Waals surface area (Å²) >= 11 is 0. The van der Waals surface area contributed by atoms with Gasteiger partial charge in [0.15, 0.2) is 9.84 Å². The van der Waals surface area contributed by atoms with Gasteiger partial charge in [-0.1, -0.05) is 12.8 Å². The lowest BCUT2D eigenvalue weighted by Crippen LogP contribution is -2.37. The Morgan fingerprint density at radius 3 is 2.58 bits per heavy atom. The summed E-state index contributed by atoms with van der Waals surface area (Å²) in [6.07, 6.45) is 7.09. The smallest absolute Gasteiger partial charge is 0.154 e. The maximum Gasteiger partial charge on any atom is 0.154 e. The molecule has 0 amide bonds. The van der Waals surface area contributed by atoms with Gasteiger partial charge in [0.1, 0.15) is 0 Å². The van der Waals surface area contributed by atoms with E-state index in [1.54, 1.807) is 0 Å². The molecule has 112 valence electrons. The van der Waals surface area contributed by atoms with E-state index < -0.39 is 9.84 Å². The standard InChI is InChI=1S/C14H27NO3S/c1-12(9-15-10-14-7-4-8-18-14)19(16,17)11-13-5-2-3-6-13/h12-15H,2-11H2,1H3. The Hall–Kier alpha value is -0.130. The number of nitrogens with one attached hydrogen (secondary N) is 1. The van der Waals surface area contributed by atoms with Crippen molar-refractivity contribution in [2.24, 2.45) is 5.92 Å². The van der Waals surface area contributed by atoms with Crippen molar-refractivity contribution in [3.63, 3.8) is 0 Å². The van der Waals surface area contributed by atoms with Crippen LogP contribution in [0.3, 0.4) is 0 Å². The van der Waals surface area contributed by atoms with Crippen molar-refractivity contribution in [1.29, 1.82) is 0 Å². The topological polar surface area (TPSA) is 55.4 Å². The molecule has 4 nitrogen and oxygen atoms in total. The Bertz CT molecular complexity index is 357. The van der Waals surface area contributed by atoms with E-state index in [9.17, 15) is 8.42 Å². The van der Waals surface area contributed by atoms with Gasteiger partial charge in [-0.2, -0.15) is 0 Å². The molecule has 1 saturated carbocycles. The molecule has 0 spiro atoms. The van der Waals surface area contributed by atoms with Crippen LogP contribution in [-0.2, 0) is 14.6 Å². The number of rotatable bonds is 7. The van der Waals surface area contributed by atoms with Crippen LogP contribution in [0.2, 0.25) is 0 Å². The Balaban J connectivity index is 1.69. The fourth-order valence-electron chi connectivity index (χ4n) is 3.05. The molecule has 0 aromatic carbocycles. The van der Waals surface area contributed by atoms with Crippen LogP contribution in [0.25, 0.3) is 0 Å². The van der Waals surface area contributed by atoms with Crippen molar-refractivity contribution in [1.82, 2.24) is 5.32 Å². The zero-order valence-corrected chi connectivity index (χ0v) is 12.8. The van der Waals surface area contributed by atoms with E-state index in [1.165, 1.54) is 12.8 Å². The molecule has 2 atom stereocenters. The first kappa shape index (κ1) is 15.3. The van der Waals surface area contributed by atoms with Crippen molar-refractivity contribution in [2.75, 3.05) is 25.4 Å². The zero-order chi connectivity index (χ0) is 13.7. The highest BCUT2D eigenvalue weighted by molar-refractivity contribution is 7.92. The number of hydrogen-bond acceptors (Lipinski definition) is 4. The molecule has 0 aromatic heterocycles. The van der Waals surface area contributed by atoms with Gasteiger partial charge in [-0.05, 0) is 38.5 Å². The van der Waals surface area contributed by atoms with Crippen LogP contribution >= 0.6 is 0 Å². The molecule has 1 heterocycles. The van der Waals surface area contributed by atoms with Crippen molar-refractivity contribution < 1.29 is 13.2 Å². The summed E-state index contributed by atoms with van der Waals surface area (Å²) in [7, 11) is -2.94. The van der Waals surface area contributed by atoms with Gasteiger partial charge >= 0.3 is 0 Å². The highest BCUT2D eigenvalue weighted by atomic mass is 32.2. The molecule has 2 unspecified atom stereocenters. The lowest BCUT2D eigenvalue weighted by molar-refractivity contribution is 0.110. The predicted octanol–water partition coefficient (Wildman–Crippen LogP) is 1.75. The van der Waals surface area contributed by atoms with E-state index in [0.717, 1.165) is 38.8 Å². The molecule has 1 aliphatic carbocycles. The summed E-state index contributed by atoms with van der Waals surface area (Å²) in [4.78, 5) is 0. The molecule has 1 aliphatic heterocycles. The average molecular weight is 289 g/mol. The molecule has 0 radical (unpaired) electrons. The molecule has 0 bridgehead atoms. The van der Waals surface area contributed by atoms with Crippen molar-refractivity contribution in [2.45, 2.75) is 56.8 Å². The lowest BCUT2D eigenvalue weighted by atomic mass is 10.1. The summed E-state index contributed by atoms with van der Waals surface area (Å²) in [5, 5.41) is 2.97. The van der Waals surface area contributed by atoms with Gasteiger partial charge in [0, 0.05) is 19.7 Å². The van der Waals surface area contributed by atoms with Crippen molar-refractivity contribution in [3.8, 4) is 0 Å². The molecule has 2 aliphatic rings.